The summed E-state index contributed by atoms with van der Waals surface area (Å²) in [4.78, 5) is 4.56. The van der Waals surface area contributed by atoms with E-state index in [2.05, 4.69) is 62.0 Å². The molecule has 0 saturated heterocycles. The Labute approximate surface area is 129 Å². The fraction of sp³-hybridized carbons (Fsp3) is 0.471. The third kappa shape index (κ3) is 2.83. The topological polar surface area (TPSA) is 17.8 Å². The van der Waals surface area contributed by atoms with E-state index in [1.807, 2.05) is 6.20 Å². The summed E-state index contributed by atoms with van der Waals surface area (Å²) in [5, 5.41) is 1.09. The molecule has 1 aliphatic carbocycles. The number of nitrogens with zero attached hydrogens (tertiary/aromatic N) is 2. The Morgan fingerprint density at radius 3 is 2.55 bits per heavy atom. The second-order valence-electron chi connectivity index (χ2n) is 5.94. The smallest absolute Gasteiger partial charge is 0.139 e. The van der Waals surface area contributed by atoms with Crippen molar-refractivity contribution < 1.29 is 0 Å². The van der Waals surface area contributed by atoms with Crippen molar-refractivity contribution in [2.24, 2.45) is 5.41 Å². The van der Waals surface area contributed by atoms with E-state index in [0.29, 0.717) is 5.41 Å². The van der Waals surface area contributed by atoms with Gasteiger partial charge in [-0.15, -0.1) is 0 Å². The number of halogens is 1. The summed E-state index contributed by atoms with van der Waals surface area (Å²) < 4.78 is 2.34. The van der Waals surface area contributed by atoms with Crippen LogP contribution in [-0.4, -0.2) is 14.9 Å². The van der Waals surface area contributed by atoms with Crippen LogP contribution in [0.1, 0.15) is 32.1 Å². The molecular formula is C17H21BrN2. The van der Waals surface area contributed by atoms with Crippen LogP contribution < -0.4 is 0 Å². The number of alkyl halides is 1. The number of hydrogen-bond acceptors (Lipinski definition) is 1. The van der Waals surface area contributed by atoms with E-state index in [0.717, 1.165) is 17.7 Å². The standard InChI is InChI=1S/C17H21BrN2/c18-13-17(9-5-2-6-10-17)14-20-12-11-19-16(20)15-7-3-1-4-8-15/h1,3-4,7-8,11-12H,2,5-6,9-10,13-14H2. The molecule has 0 spiro atoms. The molecule has 0 bridgehead atoms. The Hall–Kier alpha value is -1.09. The van der Waals surface area contributed by atoms with Gasteiger partial charge in [-0.3, -0.25) is 0 Å². The van der Waals surface area contributed by atoms with Crippen LogP contribution in [0.15, 0.2) is 42.7 Å². The van der Waals surface area contributed by atoms with Crippen molar-refractivity contribution in [1.29, 1.82) is 0 Å². The molecule has 1 aromatic carbocycles. The van der Waals surface area contributed by atoms with Crippen LogP contribution in [-0.2, 0) is 6.54 Å². The molecule has 1 fully saturated rings. The van der Waals surface area contributed by atoms with Gasteiger partial charge in [0.2, 0.25) is 0 Å². The summed E-state index contributed by atoms with van der Waals surface area (Å²) >= 11 is 3.76. The largest absolute Gasteiger partial charge is 0.330 e. The maximum atomic E-state index is 4.56. The molecule has 3 heteroatoms. The van der Waals surface area contributed by atoms with Crippen LogP contribution in [0, 0.1) is 5.41 Å². The minimum atomic E-state index is 0.405. The molecule has 2 nitrogen and oxygen atoms in total. The Balaban J connectivity index is 1.86. The molecule has 0 amide bonds. The van der Waals surface area contributed by atoms with Crippen molar-refractivity contribution in [1.82, 2.24) is 9.55 Å². The molecule has 0 N–H and O–H groups in total. The highest BCUT2D eigenvalue weighted by atomic mass is 79.9. The fourth-order valence-electron chi connectivity index (χ4n) is 3.28. The van der Waals surface area contributed by atoms with E-state index < -0.39 is 0 Å². The van der Waals surface area contributed by atoms with E-state index in [9.17, 15) is 0 Å². The van der Waals surface area contributed by atoms with Gasteiger partial charge in [-0.2, -0.15) is 0 Å². The average molecular weight is 333 g/mol. The van der Waals surface area contributed by atoms with Gasteiger partial charge in [0, 0.05) is 29.8 Å². The van der Waals surface area contributed by atoms with Gasteiger partial charge in [-0.1, -0.05) is 65.5 Å². The Kier molecular flexibility index (Phi) is 4.25. The minimum Gasteiger partial charge on any atom is -0.330 e. The Morgan fingerprint density at radius 1 is 1.10 bits per heavy atom. The van der Waals surface area contributed by atoms with Gasteiger partial charge in [-0.25, -0.2) is 4.98 Å². The Morgan fingerprint density at radius 2 is 1.85 bits per heavy atom. The second-order valence-corrected chi connectivity index (χ2v) is 6.50. The zero-order valence-corrected chi connectivity index (χ0v) is 13.3. The van der Waals surface area contributed by atoms with Crippen LogP contribution in [0.2, 0.25) is 0 Å². The molecule has 1 heterocycles. The zero-order valence-electron chi connectivity index (χ0n) is 11.8. The molecule has 106 valence electrons. The molecule has 0 atom stereocenters. The normalized spacial score (nSPS) is 18.1. The average Bonchev–Trinajstić information content (AvgIpc) is 2.97. The first kappa shape index (κ1) is 13.9. The molecule has 2 aromatic rings. The van der Waals surface area contributed by atoms with Gasteiger partial charge < -0.3 is 4.57 Å². The van der Waals surface area contributed by atoms with Crippen molar-refractivity contribution in [2.45, 2.75) is 38.6 Å². The molecule has 20 heavy (non-hydrogen) atoms. The van der Waals surface area contributed by atoms with Crippen LogP contribution >= 0.6 is 15.9 Å². The summed E-state index contributed by atoms with van der Waals surface area (Å²) in [6, 6.07) is 10.5. The number of rotatable bonds is 4. The molecule has 0 radical (unpaired) electrons. The number of aromatic nitrogens is 2. The van der Waals surface area contributed by atoms with E-state index in [4.69, 9.17) is 0 Å². The van der Waals surface area contributed by atoms with Gasteiger partial charge in [0.15, 0.2) is 0 Å². The van der Waals surface area contributed by atoms with Crippen LogP contribution in [0.3, 0.4) is 0 Å². The quantitative estimate of drug-likeness (QED) is 0.728. The first-order valence-electron chi connectivity index (χ1n) is 7.46. The fourth-order valence-corrected chi connectivity index (χ4v) is 4.02. The van der Waals surface area contributed by atoms with Gasteiger partial charge in [-0.05, 0) is 18.3 Å². The zero-order chi connectivity index (χ0) is 13.8. The molecular weight excluding hydrogens is 312 g/mol. The predicted molar refractivity (Wildman–Crippen MR) is 87.0 cm³/mol. The molecule has 1 aliphatic rings. The van der Waals surface area contributed by atoms with Crippen LogP contribution in [0.25, 0.3) is 11.4 Å². The summed E-state index contributed by atoms with van der Waals surface area (Å²) in [7, 11) is 0. The predicted octanol–water partition coefficient (Wildman–Crippen LogP) is 4.90. The first-order valence-corrected chi connectivity index (χ1v) is 8.58. The molecule has 3 rings (SSSR count). The third-order valence-electron chi connectivity index (χ3n) is 4.45. The summed E-state index contributed by atoms with van der Waals surface area (Å²) in [5.74, 6) is 1.09. The lowest BCUT2D eigenvalue weighted by Gasteiger charge is -2.36. The van der Waals surface area contributed by atoms with Crippen molar-refractivity contribution in [3.05, 3.63) is 42.7 Å². The minimum absolute atomic E-state index is 0.405. The van der Waals surface area contributed by atoms with Crippen LogP contribution in [0.5, 0.6) is 0 Å². The van der Waals surface area contributed by atoms with E-state index in [-0.39, 0.29) is 0 Å². The molecule has 0 unspecified atom stereocenters. The third-order valence-corrected chi connectivity index (χ3v) is 5.64. The lowest BCUT2D eigenvalue weighted by atomic mass is 9.75. The van der Waals surface area contributed by atoms with Gasteiger partial charge in [0.25, 0.3) is 0 Å². The first-order chi connectivity index (χ1) is 9.83. The second kappa shape index (κ2) is 6.13. The van der Waals surface area contributed by atoms with Crippen LogP contribution in [0.4, 0.5) is 0 Å². The van der Waals surface area contributed by atoms with Crippen molar-refractivity contribution in [3.63, 3.8) is 0 Å². The summed E-state index contributed by atoms with van der Waals surface area (Å²) in [6.07, 6.45) is 10.8. The van der Waals surface area contributed by atoms with E-state index in [1.165, 1.54) is 37.7 Å². The van der Waals surface area contributed by atoms with Gasteiger partial charge in [0.05, 0.1) is 0 Å². The highest BCUT2D eigenvalue weighted by Crippen LogP contribution is 2.40. The van der Waals surface area contributed by atoms with E-state index in [1.54, 1.807) is 0 Å². The van der Waals surface area contributed by atoms with Crippen molar-refractivity contribution in [3.8, 4) is 11.4 Å². The maximum absolute atomic E-state index is 4.56. The lowest BCUT2D eigenvalue weighted by Crippen LogP contribution is -2.31. The van der Waals surface area contributed by atoms with Crippen molar-refractivity contribution >= 4 is 15.9 Å². The SMILES string of the molecule is BrCC1(Cn2ccnc2-c2ccccc2)CCCCC1. The molecule has 1 saturated carbocycles. The molecule has 1 aromatic heterocycles. The summed E-state index contributed by atoms with van der Waals surface area (Å²) in [6.45, 7) is 1.07. The lowest BCUT2D eigenvalue weighted by molar-refractivity contribution is 0.192. The molecule has 0 aliphatic heterocycles. The summed E-state index contributed by atoms with van der Waals surface area (Å²) in [5.41, 5.74) is 1.61. The number of benzene rings is 1. The number of imidazole rings is 1. The monoisotopic (exact) mass is 332 g/mol. The van der Waals surface area contributed by atoms with Crippen molar-refractivity contribution in [2.75, 3.05) is 5.33 Å². The Bertz CT molecular complexity index is 541. The number of hydrogen-bond donors (Lipinski definition) is 0. The van der Waals surface area contributed by atoms with Gasteiger partial charge >= 0.3 is 0 Å². The van der Waals surface area contributed by atoms with Gasteiger partial charge in [0.1, 0.15) is 5.82 Å². The van der Waals surface area contributed by atoms with E-state index >= 15 is 0 Å². The maximum Gasteiger partial charge on any atom is 0.139 e. The highest BCUT2D eigenvalue weighted by molar-refractivity contribution is 9.09. The highest BCUT2D eigenvalue weighted by Gasteiger charge is 2.31.